The molecule has 2 aliphatic heterocycles. The molecule has 0 aromatic rings. The number of amides is 1. The van der Waals surface area contributed by atoms with Gasteiger partial charge in [0.15, 0.2) is 0 Å². The molecule has 1 atom stereocenters. The third-order valence-corrected chi connectivity index (χ3v) is 3.52. The summed E-state index contributed by atoms with van der Waals surface area (Å²) in [5, 5.41) is 3.33. The molecule has 16 heavy (non-hydrogen) atoms. The van der Waals surface area contributed by atoms with Crippen LogP contribution in [0.15, 0.2) is 0 Å². The van der Waals surface area contributed by atoms with E-state index in [9.17, 15) is 4.79 Å². The van der Waals surface area contributed by atoms with Gasteiger partial charge < -0.3 is 15.0 Å². The van der Waals surface area contributed by atoms with Gasteiger partial charge in [-0.2, -0.15) is 0 Å². The second-order valence-electron chi connectivity index (χ2n) is 4.92. The number of ether oxygens (including phenoxy) is 1. The van der Waals surface area contributed by atoms with Crippen LogP contribution in [0.25, 0.3) is 0 Å². The minimum absolute atomic E-state index is 0.200. The lowest BCUT2D eigenvalue weighted by atomic mass is 9.94. The minimum Gasteiger partial charge on any atom is -0.375 e. The number of carbonyl (C=O) groups is 1. The smallest absolute Gasteiger partial charge is 0.223 e. The first-order valence-electron chi connectivity index (χ1n) is 6.36. The van der Waals surface area contributed by atoms with Crippen molar-refractivity contribution in [1.82, 2.24) is 10.2 Å². The molecule has 2 heterocycles. The Morgan fingerprint density at radius 3 is 2.88 bits per heavy atom. The van der Waals surface area contributed by atoms with E-state index in [4.69, 9.17) is 4.74 Å². The highest BCUT2D eigenvalue weighted by molar-refractivity contribution is 5.76. The van der Waals surface area contributed by atoms with Gasteiger partial charge in [-0.1, -0.05) is 0 Å². The largest absolute Gasteiger partial charge is 0.375 e. The quantitative estimate of drug-likeness (QED) is 0.750. The van der Waals surface area contributed by atoms with Crippen molar-refractivity contribution < 1.29 is 9.53 Å². The Kier molecular flexibility index (Phi) is 4.18. The lowest BCUT2D eigenvalue weighted by Crippen LogP contribution is -2.45. The van der Waals surface area contributed by atoms with E-state index in [0.29, 0.717) is 18.4 Å². The Balaban J connectivity index is 1.77. The van der Waals surface area contributed by atoms with E-state index in [1.165, 1.54) is 0 Å². The summed E-state index contributed by atoms with van der Waals surface area (Å²) < 4.78 is 5.44. The summed E-state index contributed by atoms with van der Waals surface area (Å²) in [5.74, 6) is 0.911. The van der Waals surface area contributed by atoms with Gasteiger partial charge in [0.1, 0.15) is 0 Å². The maximum Gasteiger partial charge on any atom is 0.223 e. The van der Waals surface area contributed by atoms with Gasteiger partial charge in [-0.05, 0) is 38.8 Å². The number of rotatable bonds is 2. The summed E-state index contributed by atoms with van der Waals surface area (Å²) >= 11 is 0. The number of morpholine rings is 1. The SMILES string of the molecule is CC1CN(C(=O)CC2CCNCC2)CCO1. The average molecular weight is 226 g/mol. The molecule has 2 fully saturated rings. The van der Waals surface area contributed by atoms with Crippen molar-refractivity contribution in [3.05, 3.63) is 0 Å². The van der Waals surface area contributed by atoms with Gasteiger partial charge in [0.25, 0.3) is 0 Å². The Hall–Kier alpha value is -0.610. The molecule has 0 bridgehead atoms. The van der Waals surface area contributed by atoms with E-state index in [0.717, 1.165) is 45.4 Å². The summed E-state index contributed by atoms with van der Waals surface area (Å²) in [6, 6.07) is 0. The zero-order valence-corrected chi connectivity index (χ0v) is 10.1. The van der Waals surface area contributed by atoms with E-state index in [1.807, 2.05) is 11.8 Å². The number of nitrogens with one attached hydrogen (secondary N) is 1. The number of hydrogen-bond donors (Lipinski definition) is 1. The van der Waals surface area contributed by atoms with Crippen LogP contribution in [-0.2, 0) is 9.53 Å². The zero-order chi connectivity index (χ0) is 11.4. The van der Waals surface area contributed by atoms with Gasteiger partial charge in [-0.25, -0.2) is 0 Å². The number of carbonyl (C=O) groups excluding carboxylic acids is 1. The van der Waals surface area contributed by atoms with Crippen LogP contribution in [0.3, 0.4) is 0 Å². The lowest BCUT2D eigenvalue weighted by Gasteiger charge is -2.32. The van der Waals surface area contributed by atoms with Crippen molar-refractivity contribution >= 4 is 5.91 Å². The Labute approximate surface area is 97.3 Å². The average Bonchev–Trinajstić information content (AvgIpc) is 2.30. The fourth-order valence-electron chi connectivity index (χ4n) is 2.51. The van der Waals surface area contributed by atoms with E-state index >= 15 is 0 Å². The van der Waals surface area contributed by atoms with Gasteiger partial charge in [0.05, 0.1) is 12.7 Å². The molecule has 2 aliphatic rings. The predicted molar refractivity (Wildman–Crippen MR) is 62.2 cm³/mol. The fourth-order valence-corrected chi connectivity index (χ4v) is 2.51. The lowest BCUT2D eigenvalue weighted by molar-refractivity contribution is -0.139. The van der Waals surface area contributed by atoms with Crippen molar-refractivity contribution in [3.8, 4) is 0 Å². The predicted octanol–water partition coefficient (Wildman–Crippen LogP) is 0.623. The molecule has 2 rings (SSSR count). The third-order valence-electron chi connectivity index (χ3n) is 3.52. The monoisotopic (exact) mass is 226 g/mol. The highest BCUT2D eigenvalue weighted by atomic mass is 16.5. The highest BCUT2D eigenvalue weighted by Crippen LogP contribution is 2.18. The molecular formula is C12H22N2O2. The van der Waals surface area contributed by atoms with E-state index in [2.05, 4.69) is 5.32 Å². The summed E-state index contributed by atoms with van der Waals surface area (Å²) in [6.45, 7) is 6.40. The summed E-state index contributed by atoms with van der Waals surface area (Å²) in [4.78, 5) is 14.0. The third kappa shape index (κ3) is 3.19. The molecule has 4 nitrogen and oxygen atoms in total. The van der Waals surface area contributed by atoms with Crippen molar-refractivity contribution in [3.63, 3.8) is 0 Å². The van der Waals surface area contributed by atoms with Crippen LogP contribution < -0.4 is 5.32 Å². The van der Waals surface area contributed by atoms with Crippen molar-refractivity contribution in [2.24, 2.45) is 5.92 Å². The molecule has 0 aromatic carbocycles. The minimum atomic E-state index is 0.200. The van der Waals surface area contributed by atoms with Crippen LogP contribution in [-0.4, -0.2) is 49.7 Å². The molecular weight excluding hydrogens is 204 g/mol. The van der Waals surface area contributed by atoms with Crippen molar-refractivity contribution in [2.45, 2.75) is 32.3 Å². The molecule has 2 saturated heterocycles. The summed E-state index contributed by atoms with van der Waals surface area (Å²) in [5.41, 5.74) is 0. The number of nitrogens with zero attached hydrogens (tertiary/aromatic N) is 1. The number of piperidine rings is 1. The van der Waals surface area contributed by atoms with Gasteiger partial charge in [0.2, 0.25) is 5.91 Å². The topological polar surface area (TPSA) is 41.6 Å². The summed E-state index contributed by atoms with van der Waals surface area (Å²) in [7, 11) is 0. The van der Waals surface area contributed by atoms with Gasteiger partial charge >= 0.3 is 0 Å². The first kappa shape index (κ1) is 11.9. The van der Waals surface area contributed by atoms with Gasteiger partial charge in [-0.3, -0.25) is 4.79 Å². The van der Waals surface area contributed by atoms with E-state index in [1.54, 1.807) is 0 Å². The molecule has 1 unspecified atom stereocenters. The first-order chi connectivity index (χ1) is 7.75. The van der Waals surface area contributed by atoms with Crippen LogP contribution in [0, 0.1) is 5.92 Å². The standard InChI is InChI=1S/C12H22N2O2/c1-10-9-14(6-7-16-10)12(15)8-11-2-4-13-5-3-11/h10-11,13H,2-9H2,1H3. The fraction of sp³-hybridized carbons (Fsp3) is 0.917. The maximum atomic E-state index is 12.1. The van der Waals surface area contributed by atoms with Gasteiger partial charge in [0, 0.05) is 19.5 Å². The normalized spacial score (nSPS) is 28.1. The maximum absolute atomic E-state index is 12.1. The van der Waals surface area contributed by atoms with E-state index in [-0.39, 0.29) is 6.10 Å². The van der Waals surface area contributed by atoms with Crippen LogP contribution in [0.4, 0.5) is 0 Å². The molecule has 0 aliphatic carbocycles. The zero-order valence-electron chi connectivity index (χ0n) is 10.1. The van der Waals surface area contributed by atoms with Crippen molar-refractivity contribution in [1.29, 1.82) is 0 Å². The summed E-state index contributed by atoms with van der Waals surface area (Å²) in [6.07, 6.45) is 3.22. The molecule has 0 saturated carbocycles. The Morgan fingerprint density at radius 2 is 2.19 bits per heavy atom. The van der Waals surface area contributed by atoms with Crippen LogP contribution in [0.2, 0.25) is 0 Å². The molecule has 1 N–H and O–H groups in total. The highest BCUT2D eigenvalue weighted by Gasteiger charge is 2.24. The molecule has 1 amide bonds. The molecule has 4 heteroatoms. The molecule has 0 radical (unpaired) electrons. The molecule has 0 aromatic heterocycles. The van der Waals surface area contributed by atoms with Crippen LogP contribution in [0.5, 0.6) is 0 Å². The second kappa shape index (κ2) is 5.64. The molecule has 0 spiro atoms. The van der Waals surface area contributed by atoms with Crippen LogP contribution >= 0.6 is 0 Å². The second-order valence-corrected chi connectivity index (χ2v) is 4.92. The number of hydrogen-bond acceptors (Lipinski definition) is 3. The first-order valence-corrected chi connectivity index (χ1v) is 6.36. The van der Waals surface area contributed by atoms with Gasteiger partial charge in [-0.15, -0.1) is 0 Å². The Morgan fingerprint density at radius 1 is 1.44 bits per heavy atom. The molecule has 92 valence electrons. The van der Waals surface area contributed by atoms with E-state index < -0.39 is 0 Å². The van der Waals surface area contributed by atoms with Crippen molar-refractivity contribution in [2.75, 3.05) is 32.8 Å². The van der Waals surface area contributed by atoms with Crippen LogP contribution in [0.1, 0.15) is 26.2 Å². The Bertz CT molecular complexity index is 239.